The Morgan fingerprint density at radius 1 is 0.735 bits per heavy atom. The Bertz CT molecular complexity index is 1270. The molecule has 0 radical (unpaired) electrons. The third-order valence-corrected chi connectivity index (χ3v) is 5.27. The van der Waals surface area contributed by atoms with Gasteiger partial charge >= 0.3 is 21.0 Å². The largest absolute Gasteiger partial charge is 0.494 e. The SMILES string of the molecule is COc1ccc(N(Cc2ccc(OS(=O)(=O)F)cc2)Cc2ccc(OS(=O)(=O)F)cc2)cc1F. The molecule has 0 N–H and O–H groups in total. The van der Waals surface area contributed by atoms with Crippen LogP contribution in [0.25, 0.3) is 0 Å². The molecule has 0 unspecified atom stereocenters. The number of benzene rings is 3. The highest BCUT2D eigenvalue weighted by Crippen LogP contribution is 2.27. The number of methoxy groups -OCH3 is 1. The molecule has 0 fully saturated rings. The van der Waals surface area contributed by atoms with Gasteiger partial charge in [-0.15, -0.1) is 0 Å². The maximum atomic E-state index is 14.3. The Hall–Kier alpha value is -3.45. The molecule has 0 heterocycles. The first-order valence-corrected chi connectivity index (χ1v) is 12.1. The molecule has 8 nitrogen and oxygen atoms in total. The lowest BCUT2D eigenvalue weighted by Crippen LogP contribution is -2.22. The number of rotatable bonds is 10. The highest BCUT2D eigenvalue weighted by molar-refractivity contribution is 7.82. The topological polar surface area (TPSA) is 99.2 Å². The normalized spacial score (nSPS) is 11.6. The number of anilines is 1. The summed E-state index contributed by atoms with van der Waals surface area (Å²) < 4.78 is 95.6. The van der Waals surface area contributed by atoms with E-state index in [0.29, 0.717) is 16.8 Å². The molecule has 0 aliphatic rings. The molecule has 0 aliphatic heterocycles. The van der Waals surface area contributed by atoms with Crippen molar-refractivity contribution >= 4 is 26.7 Å². The van der Waals surface area contributed by atoms with Gasteiger partial charge in [0.2, 0.25) is 0 Å². The van der Waals surface area contributed by atoms with Gasteiger partial charge < -0.3 is 18.0 Å². The molecule has 0 aliphatic carbocycles. The molecular weight excluding hydrogens is 499 g/mol. The van der Waals surface area contributed by atoms with Gasteiger partial charge in [-0.25, -0.2) is 4.39 Å². The van der Waals surface area contributed by atoms with Crippen molar-refractivity contribution in [3.63, 3.8) is 0 Å². The summed E-state index contributed by atoms with van der Waals surface area (Å²) in [5.74, 6) is -0.983. The zero-order valence-electron chi connectivity index (χ0n) is 17.5. The molecule has 0 aromatic heterocycles. The molecule has 3 aromatic rings. The highest BCUT2D eigenvalue weighted by Gasteiger charge is 2.15. The predicted octanol–water partition coefficient (Wildman–Crippen LogP) is 4.23. The first-order valence-electron chi connectivity index (χ1n) is 9.46. The molecule has 0 saturated carbocycles. The predicted molar refractivity (Wildman–Crippen MR) is 117 cm³/mol. The fourth-order valence-corrected chi connectivity index (χ4v) is 3.74. The molecule has 0 amide bonds. The molecule has 13 heteroatoms. The minimum Gasteiger partial charge on any atom is -0.494 e. The Morgan fingerprint density at radius 3 is 1.53 bits per heavy atom. The standard InChI is InChI=1S/C21H18F3NO7S2/c1-30-21-11-6-17(12-20(21)22)25(13-15-2-7-18(8-3-15)31-33(23,26)27)14-16-4-9-19(10-5-16)32-34(24,28)29/h2-12H,13-14H2,1H3. The van der Waals surface area contributed by atoms with Gasteiger partial charge in [0, 0.05) is 24.8 Å². The van der Waals surface area contributed by atoms with E-state index in [0.717, 1.165) is 0 Å². The molecule has 3 aromatic carbocycles. The Balaban J connectivity index is 1.86. The molecule has 0 saturated heterocycles. The number of nitrogens with zero attached hydrogens (tertiary/aromatic N) is 1. The summed E-state index contributed by atoms with van der Waals surface area (Å²) in [5.41, 5.74) is 1.78. The van der Waals surface area contributed by atoms with Crippen molar-refractivity contribution < 1.29 is 42.1 Å². The lowest BCUT2D eigenvalue weighted by molar-refractivity contribution is 0.386. The summed E-state index contributed by atoms with van der Waals surface area (Å²) in [4.78, 5) is 1.76. The first-order chi connectivity index (χ1) is 15.9. The number of hydrogen-bond acceptors (Lipinski definition) is 8. The van der Waals surface area contributed by atoms with E-state index >= 15 is 0 Å². The van der Waals surface area contributed by atoms with Crippen LogP contribution in [0.2, 0.25) is 0 Å². The Labute approximate surface area is 194 Å². The summed E-state index contributed by atoms with van der Waals surface area (Å²) in [6, 6.07) is 15.4. The molecule has 34 heavy (non-hydrogen) atoms. The van der Waals surface area contributed by atoms with E-state index in [1.807, 2.05) is 0 Å². The van der Waals surface area contributed by atoms with Crippen LogP contribution >= 0.6 is 0 Å². The fourth-order valence-electron chi connectivity index (χ4n) is 3.06. The van der Waals surface area contributed by atoms with Crippen LogP contribution < -0.4 is 18.0 Å². The zero-order chi connectivity index (χ0) is 24.9. The third-order valence-electron chi connectivity index (χ3n) is 4.49. The van der Waals surface area contributed by atoms with Crippen LogP contribution in [-0.2, 0) is 34.1 Å². The van der Waals surface area contributed by atoms with Crippen LogP contribution in [0.4, 0.5) is 17.8 Å². The number of halogens is 3. The van der Waals surface area contributed by atoms with Crippen molar-refractivity contribution in [2.24, 2.45) is 0 Å². The van der Waals surface area contributed by atoms with Gasteiger partial charge in [0.15, 0.2) is 11.6 Å². The van der Waals surface area contributed by atoms with Crippen LogP contribution in [0.15, 0.2) is 66.7 Å². The quantitative estimate of drug-likeness (QED) is 0.369. The Morgan fingerprint density at radius 2 is 1.18 bits per heavy atom. The highest BCUT2D eigenvalue weighted by atomic mass is 32.3. The smallest absolute Gasteiger partial charge is 0.488 e. The van der Waals surface area contributed by atoms with Gasteiger partial charge in [0.05, 0.1) is 7.11 Å². The van der Waals surface area contributed by atoms with Crippen molar-refractivity contribution in [3.8, 4) is 17.2 Å². The molecule has 0 spiro atoms. The van der Waals surface area contributed by atoms with Crippen LogP contribution in [0.1, 0.15) is 11.1 Å². The van der Waals surface area contributed by atoms with Crippen molar-refractivity contribution in [2.75, 3.05) is 12.0 Å². The summed E-state index contributed by atoms with van der Waals surface area (Å²) in [6.07, 6.45) is 0. The molecular formula is C21H18F3NO7S2. The average Bonchev–Trinajstić information content (AvgIpc) is 2.74. The lowest BCUT2D eigenvalue weighted by Gasteiger charge is -2.26. The van der Waals surface area contributed by atoms with Crippen molar-refractivity contribution in [3.05, 3.63) is 83.7 Å². The monoisotopic (exact) mass is 517 g/mol. The van der Waals surface area contributed by atoms with Gasteiger partial charge in [0.1, 0.15) is 11.5 Å². The molecule has 0 atom stereocenters. The van der Waals surface area contributed by atoms with Crippen LogP contribution in [-0.4, -0.2) is 23.9 Å². The molecule has 182 valence electrons. The first kappa shape index (κ1) is 25.2. The average molecular weight is 518 g/mol. The fraction of sp³-hybridized carbons (Fsp3) is 0.143. The van der Waals surface area contributed by atoms with Gasteiger partial charge in [-0.05, 0) is 47.5 Å². The summed E-state index contributed by atoms with van der Waals surface area (Å²) in [6.45, 7) is 0.428. The Kier molecular flexibility index (Phi) is 7.57. The van der Waals surface area contributed by atoms with E-state index in [9.17, 15) is 29.0 Å². The van der Waals surface area contributed by atoms with E-state index in [4.69, 9.17) is 4.74 Å². The van der Waals surface area contributed by atoms with E-state index in [1.54, 1.807) is 11.0 Å². The minimum atomic E-state index is -5.16. The van der Waals surface area contributed by atoms with Crippen LogP contribution in [0.5, 0.6) is 17.2 Å². The second kappa shape index (κ2) is 10.2. The minimum absolute atomic E-state index is 0.0477. The van der Waals surface area contributed by atoms with Crippen molar-refractivity contribution in [1.29, 1.82) is 0 Å². The second-order valence-electron chi connectivity index (χ2n) is 6.92. The van der Waals surface area contributed by atoms with Gasteiger partial charge in [-0.1, -0.05) is 32.0 Å². The van der Waals surface area contributed by atoms with Crippen LogP contribution in [0.3, 0.4) is 0 Å². The maximum Gasteiger partial charge on any atom is 0.488 e. The third kappa shape index (κ3) is 7.56. The lowest BCUT2D eigenvalue weighted by atomic mass is 10.1. The van der Waals surface area contributed by atoms with E-state index in [-0.39, 0.29) is 30.3 Å². The molecule has 3 rings (SSSR count). The number of hydrogen-bond donors (Lipinski definition) is 0. The summed E-state index contributed by atoms with van der Waals surface area (Å²) in [7, 11) is -8.99. The van der Waals surface area contributed by atoms with E-state index < -0.39 is 26.8 Å². The second-order valence-corrected chi connectivity index (χ2v) is 8.82. The van der Waals surface area contributed by atoms with Gasteiger partial charge in [0.25, 0.3) is 0 Å². The van der Waals surface area contributed by atoms with Gasteiger partial charge in [-0.2, -0.15) is 16.8 Å². The zero-order valence-corrected chi connectivity index (χ0v) is 19.2. The van der Waals surface area contributed by atoms with Crippen molar-refractivity contribution in [2.45, 2.75) is 13.1 Å². The summed E-state index contributed by atoms with van der Waals surface area (Å²) in [5, 5.41) is 0. The summed E-state index contributed by atoms with van der Waals surface area (Å²) >= 11 is 0. The van der Waals surface area contributed by atoms with E-state index in [1.165, 1.54) is 67.8 Å². The number of ether oxygens (including phenoxy) is 1. The van der Waals surface area contributed by atoms with Crippen LogP contribution in [0, 0.1) is 5.82 Å². The molecule has 0 bridgehead atoms. The maximum absolute atomic E-state index is 14.3. The van der Waals surface area contributed by atoms with Crippen molar-refractivity contribution in [1.82, 2.24) is 0 Å². The van der Waals surface area contributed by atoms with Gasteiger partial charge in [-0.3, -0.25) is 0 Å². The van der Waals surface area contributed by atoms with E-state index in [2.05, 4.69) is 8.37 Å².